The number of ether oxygens (including phenoxy) is 1. The predicted octanol–water partition coefficient (Wildman–Crippen LogP) is 3.37. The van der Waals surface area contributed by atoms with Crippen LogP contribution in [0.2, 0.25) is 5.02 Å². The number of pyridine rings is 1. The molecule has 0 saturated heterocycles. The molecule has 0 bridgehead atoms. The Labute approximate surface area is 122 Å². The van der Waals surface area contributed by atoms with Crippen LogP contribution in [-0.4, -0.2) is 17.5 Å². The standard InChI is InChI=1S/C15H15ClN2O2/c1-10-6-11(2)17-14(7-10)18-15(19)9-20-13-5-3-4-12(16)8-13/h3-8H,9H2,1-2H3,(H,17,18,19). The monoisotopic (exact) mass is 290 g/mol. The summed E-state index contributed by atoms with van der Waals surface area (Å²) in [7, 11) is 0. The second kappa shape index (κ2) is 6.39. The highest BCUT2D eigenvalue weighted by atomic mass is 35.5. The molecule has 1 aromatic carbocycles. The smallest absolute Gasteiger partial charge is 0.263 e. The first kappa shape index (κ1) is 14.3. The van der Waals surface area contributed by atoms with E-state index in [0.717, 1.165) is 11.3 Å². The molecule has 20 heavy (non-hydrogen) atoms. The third-order valence-electron chi connectivity index (χ3n) is 2.53. The number of nitrogens with zero attached hydrogens (tertiary/aromatic N) is 1. The molecule has 2 rings (SSSR count). The quantitative estimate of drug-likeness (QED) is 0.939. The van der Waals surface area contributed by atoms with Gasteiger partial charge in [0.25, 0.3) is 5.91 Å². The average molecular weight is 291 g/mol. The van der Waals surface area contributed by atoms with Crippen molar-refractivity contribution in [2.24, 2.45) is 0 Å². The molecule has 1 amide bonds. The predicted molar refractivity (Wildman–Crippen MR) is 79.3 cm³/mol. The lowest BCUT2D eigenvalue weighted by atomic mass is 10.2. The molecular formula is C15H15ClN2O2. The van der Waals surface area contributed by atoms with Crippen molar-refractivity contribution >= 4 is 23.3 Å². The molecule has 0 spiro atoms. The van der Waals surface area contributed by atoms with Crippen LogP contribution in [0.5, 0.6) is 5.75 Å². The van der Waals surface area contributed by atoms with Crippen LogP contribution in [0.3, 0.4) is 0 Å². The number of aryl methyl sites for hydroxylation is 2. The normalized spacial score (nSPS) is 10.2. The molecule has 0 aliphatic rings. The van der Waals surface area contributed by atoms with Gasteiger partial charge < -0.3 is 10.1 Å². The van der Waals surface area contributed by atoms with E-state index in [1.807, 2.05) is 26.0 Å². The molecule has 1 N–H and O–H groups in total. The molecule has 0 fully saturated rings. The summed E-state index contributed by atoms with van der Waals surface area (Å²) in [5, 5.41) is 3.27. The number of halogens is 1. The van der Waals surface area contributed by atoms with Crippen LogP contribution in [-0.2, 0) is 4.79 Å². The van der Waals surface area contributed by atoms with Gasteiger partial charge in [0.1, 0.15) is 11.6 Å². The van der Waals surface area contributed by atoms with Crippen molar-refractivity contribution in [3.05, 3.63) is 52.7 Å². The van der Waals surface area contributed by atoms with E-state index in [1.165, 1.54) is 0 Å². The van der Waals surface area contributed by atoms with E-state index in [-0.39, 0.29) is 12.5 Å². The third-order valence-corrected chi connectivity index (χ3v) is 2.77. The summed E-state index contributed by atoms with van der Waals surface area (Å²) in [6, 6.07) is 10.7. The van der Waals surface area contributed by atoms with Crippen LogP contribution < -0.4 is 10.1 Å². The number of nitrogens with one attached hydrogen (secondary N) is 1. The van der Waals surface area contributed by atoms with Gasteiger partial charge in [0.05, 0.1) is 0 Å². The minimum Gasteiger partial charge on any atom is -0.484 e. The van der Waals surface area contributed by atoms with Gasteiger partial charge in [-0.15, -0.1) is 0 Å². The SMILES string of the molecule is Cc1cc(C)nc(NC(=O)COc2cccc(Cl)c2)c1. The second-order valence-corrected chi connectivity index (χ2v) is 4.90. The van der Waals surface area contributed by atoms with Gasteiger partial charge in [0, 0.05) is 10.7 Å². The number of benzene rings is 1. The van der Waals surface area contributed by atoms with E-state index in [0.29, 0.717) is 16.6 Å². The Balaban J connectivity index is 1.92. The zero-order chi connectivity index (χ0) is 14.5. The lowest BCUT2D eigenvalue weighted by molar-refractivity contribution is -0.118. The van der Waals surface area contributed by atoms with Crippen molar-refractivity contribution < 1.29 is 9.53 Å². The number of rotatable bonds is 4. The lowest BCUT2D eigenvalue weighted by Gasteiger charge is -2.08. The maximum absolute atomic E-state index is 11.8. The fourth-order valence-corrected chi connectivity index (χ4v) is 1.97. The van der Waals surface area contributed by atoms with Crippen LogP contribution in [0.1, 0.15) is 11.3 Å². The molecule has 4 nitrogen and oxygen atoms in total. The summed E-state index contributed by atoms with van der Waals surface area (Å²) >= 11 is 5.83. The number of aromatic nitrogens is 1. The van der Waals surface area contributed by atoms with Gasteiger partial charge in [-0.05, 0) is 49.7 Å². The van der Waals surface area contributed by atoms with Crippen LogP contribution in [0.15, 0.2) is 36.4 Å². The Hall–Kier alpha value is -2.07. The van der Waals surface area contributed by atoms with Crippen molar-refractivity contribution in [1.29, 1.82) is 0 Å². The Kier molecular flexibility index (Phi) is 4.58. The van der Waals surface area contributed by atoms with Crippen LogP contribution in [0.4, 0.5) is 5.82 Å². The number of amides is 1. The lowest BCUT2D eigenvalue weighted by Crippen LogP contribution is -2.21. The van der Waals surface area contributed by atoms with Crippen molar-refractivity contribution in [2.45, 2.75) is 13.8 Å². The van der Waals surface area contributed by atoms with Gasteiger partial charge in [-0.2, -0.15) is 0 Å². The van der Waals surface area contributed by atoms with Gasteiger partial charge in [-0.3, -0.25) is 4.79 Å². The molecule has 0 aliphatic heterocycles. The Morgan fingerprint density at radius 1 is 1.30 bits per heavy atom. The topological polar surface area (TPSA) is 51.2 Å². The van der Waals surface area contributed by atoms with Gasteiger partial charge >= 0.3 is 0 Å². The van der Waals surface area contributed by atoms with E-state index >= 15 is 0 Å². The highest BCUT2D eigenvalue weighted by Crippen LogP contribution is 2.17. The minimum absolute atomic E-state index is 0.0883. The summed E-state index contributed by atoms with van der Waals surface area (Å²) in [4.78, 5) is 16.0. The zero-order valence-corrected chi connectivity index (χ0v) is 12.1. The Morgan fingerprint density at radius 2 is 2.10 bits per heavy atom. The average Bonchev–Trinajstić information content (AvgIpc) is 2.35. The number of carbonyl (C=O) groups excluding carboxylic acids is 1. The molecule has 0 aliphatic carbocycles. The maximum Gasteiger partial charge on any atom is 0.263 e. The van der Waals surface area contributed by atoms with Gasteiger partial charge in [0.15, 0.2) is 6.61 Å². The molecule has 0 unspecified atom stereocenters. The fraction of sp³-hybridized carbons (Fsp3) is 0.200. The van der Waals surface area contributed by atoms with E-state index in [4.69, 9.17) is 16.3 Å². The van der Waals surface area contributed by atoms with E-state index in [2.05, 4.69) is 10.3 Å². The van der Waals surface area contributed by atoms with E-state index < -0.39 is 0 Å². The molecule has 0 saturated carbocycles. The summed E-state index contributed by atoms with van der Waals surface area (Å²) in [5.41, 5.74) is 1.90. The molecule has 1 aromatic heterocycles. The molecule has 5 heteroatoms. The van der Waals surface area contributed by atoms with Crippen molar-refractivity contribution in [3.63, 3.8) is 0 Å². The summed E-state index contributed by atoms with van der Waals surface area (Å²) in [6.45, 7) is 3.74. The van der Waals surface area contributed by atoms with Gasteiger partial charge in [0.2, 0.25) is 0 Å². The second-order valence-electron chi connectivity index (χ2n) is 4.47. The Morgan fingerprint density at radius 3 is 2.80 bits per heavy atom. The van der Waals surface area contributed by atoms with E-state index in [1.54, 1.807) is 24.3 Å². The molecule has 0 radical (unpaired) electrons. The third kappa shape index (κ3) is 4.24. The molecular weight excluding hydrogens is 276 g/mol. The van der Waals surface area contributed by atoms with Crippen molar-refractivity contribution in [3.8, 4) is 5.75 Å². The first-order chi connectivity index (χ1) is 9.52. The highest BCUT2D eigenvalue weighted by molar-refractivity contribution is 6.30. The van der Waals surface area contributed by atoms with E-state index in [9.17, 15) is 4.79 Å². The fourth-order valence-electron chi connectivity index (χ4n) is 1.79. The maximum atomic E-state index is 11.8. The van der Waals surface area contributed by atoms with Gasteiger partial charge in [-0.25, -0.2) is 4.98 Å². The number of anilines is 1. The van der Waals surface area contributed by atoms with Crippen LogP contribution in [0, 0.1) is 13.8 Å². The van der Waals surface area contributed by atoms with Crippen molar-refractivity contribution in [2.75, 3.05) is 11.9 Å². The first-order valence-corrected chi connectivity index (χ1v) is 6.54. The van der Waals surface area contributed by atoms with Crippen LogP contribution in [0.25, 0.3) is 0 Å². The number of hydrogen-bond donors (Lipinski definition) is 1. The number of carbonyl (C=O) groups is 1. The van der Waals surface area contributed by atoms with Crippen LogP contribution >= 0.6 is 11.6 Å². The molecule has 2 aromatic rings. The van der Waals surface area contributed by atoms with Crippen molar-refractivity contribution in [1.82, 2.24) is 4.98 Å². The zero-order valence-electron chi connectivity index (χ0n) is 11.3. The summed E-state index contributed by atoms with van der Waals surface area (Å²) < 4.78 is 5.36. The minimum atomic E-state index is -0.262. The first-order valence-electron chi connectivity index (χ1n) is 6.16. The summed E-state index contributed by atoms with van der Waals surface area (Å²) in [6.07, 6.45) is 0. The van der Waals surface area contributed by atoms with Gasteiger partial charge in [-0.1, -0.05) is 17.7 Å². The largest absolute Gasteiger partial charge is 0.484 e. The molecule has 0 atom stereocenters. The molecule has 1 heterocycles. The Bertz CT molecular complexity index is 609. The molecule has 104 valence electrons. The highest BCUT2D eigenvalue weighted by Gasteiger charge is 2.06. The summed E-state index contributed by atoms with van der Waals surface area (Å²) in [5.74, 6) is 0.825. The number of hydrogen-bond acceptors (Lipinski definition) is 3.